The fourth-order valence-corrected chi connectivity index (χ4v) is 4.04. The molecule has 4 rings (SSSR count). The van der Waals surface area contributed by atoms with E-state index in [-0.39, 0.29) is 10.7 Å². The maximum atomic E-state index is 12.6. The number of carbonyl (C=O) groups excluding carboxylic acids is 3. The van der Waals surface area contributed by atoms with Gasteiger partial charge in [0.1, 0.15) is 11.4 Å². The maximum Gasteiger partial charge on any atom is 0.274 e. The fraction of sp³-hybridized carbons (Fsp3) is 0.0385. The molecule has 0 aliphatic carbocycles. The normalized spacial score (nSPS) is 10.5. The minimum atomic E-state index is -0.481. The second-order valence-corrected chi connectivity index (χ2v) is 8.07. The molecule has 0 radical (unpaired) electrons. The first-order valence-corrected chi connectivity index (χ1v) is 11.0. The van der Waals surface area contributed by atoms with Crippen LogP contribution in [0.15, 0.2) is 67.0 Å². The van der Waals surface area contributed by atoms with E-state index < -0.39 is 5.91 Å². The molecule has 0 saturated heterocycles. The molecule has 2 aromatic carbocycles. The third kappa shape index (κ3) is 4.91. The summed E-state index contributed by atoms with van der Waals surface area (Å²) in [6.45, 7) is 0. The van der Waals surface area contributed by atoms with Crippen molar-refractivity contribution < 1.29 is 19.1 Å². The maximum absolute atomic E-state index is 12.6. The Balaban J connectivity index is 1.70. The van der Waals surface area contributed by atoms with Gasteiger partial charge in [-0.1, -0.05) is 41.4 Å². The van der Waals surface area contributed by atoms with Gasteiger partial charge >= 0.3 is 0 Å². The molecule has 7 nitrogen and oxygen atoms in total. The Kier molecular flexibility index (Phi) is 7.19. The summed E-state index contributed by atoms with van der Waals surface area (Å²) < 4.78 is 5.29. The molecule has 4 aromatic rings. The van der Waals surface area contributed by atoms with Crippen molar-refractivity contribution in [3.63, 3.8) is 0 Å². The number of hydrogen-bond donors (Lipinski definition) is 1. The number of nitrogens with zero attached hydrogens (tertiary/aromatic N) is 2. The first kappa shape index (κ1) is 24.1. The van der Waals surface area contributed by atoms with E-state index >= 15 is 0 Å². The Morgan fingerprint density at radius 3 is 2.43 bits per heavy atom. The number of carbonyl (C=O) groups is 3. The molecule has 0 aliphatic rings. The van der Waals surface area contributed by atoms with E-state index in [0.29, 0.717) is 62.5 Å². The number of methoxy groups -OCH3 is 1. The van der Waals surface area contributed by atoms with Gasteiger partial charge < -0.3 is 10.1 Å². The van der Waals surface area contributed by atoms with Gasteiger partial charge in [-0.15, -0.1) is 0 Å². The fourth-order valence-electron chi connectivity index (χ4n) is 3.44. The number of amides is 1. The second kappa shape index (κ2) is 10.5. The summed E-state index contributed by atoms with van der Waals surface area (Å²) in [7, 11) is 1.48. The van der Waals surface area contributed by atoms with Gasteiger partial charge in [0.15, 0.2) is 12.6 Å². The lowest BCUT2D eigenvalue weighted by Crippen LogP contribution is -2.14. The van der Waals surface area contributed by atoms with Gasteiger partial charge in [-0.25, -0.2) is 0 Å². The van der Waals surface area contributed by atoms with E-state index in [0.717, 1.165) is 0 Å². The lowest BCUT2D eigenvalue weighted by Gasteiger charge is -2.14. The van der Waals surface area contributed by atoms with E-state index in [9.17, 15) is 14.4 Å². The third-order valence-corrected chi connectivity index (χ3v) is 6.01. The molecule has 1 N–H and O–H groups in total. The Bertz CT molecular complexity index is 1440. The summed E-state index contributed by atoms with van der Waals surface area (Å²) in [6.07, 6.45) is 4.26. The number of aromatic nitrogens is 2. The van der Waals surface area contributed by atoms with Crippen molar-refractivity contribution in [2.75, 3.05) is 12.4 Å². The molecular weight excluding hydrogens is 489 g/mol. The van der Waals surface area contributed by atoms with Crippen LogP contribution in [0.1, 0.15) is 31.2 Å². The summed E-state index contributed by atoms with van der Waals surface area (Å²) in [6, 6.07) is 14.9. The van der Waals surface area contributed by atoms with Crippen LogP contribution >= 0.6 is 23.2 Å². The molecule has 0 aliphatic heterocycles. The minimum absolute atomic E-state index is 0.133. The van der Waals surface area contributed by atoms with Crippen molar-refractivity contribution in [2.24, 2.45) is 0 Å². The number of aldehydes is 2. The van der Waals surface area contributed by atoms with Crippen LogP contribution in [-0.2, 0) is 0 Å². The first-order valence-electron chi connectivity index (χ1n) is 10.3. The summed E-state index contributed by atoms with van der Waals surface area (Å²) in [5.41, 5.74) is 3.59. The van der Waals surface area contributed by atoms with Crippen molar-refractivity contribution >= 4 is 47.4 Å². The third-order valence-electron chi connectivity index (χ3n) is 5.22. The summed E-state index contributed by atoms with van der Waals surface area (Å²) in [4.78, 5) is 43.1. The average molecular weight is 506 g/mol. The van der Waals surface area contributed by atoms with Gasteiger partial charge in [-0.2, -0.15) is 0 Å². The van der Waals surface area contributed by atoms with E-state index in [4.69, 9.17) is 27.9 Å². The Hall–Kier alpha value is -4.07. The first-order chi connectivity index (χ1) is 17.0. The molecule has 2 heterocycles. The number of hydrogen-bond acceptors (Lipinski definition) is 6. The highest BCUT2D eigenvalue weighted by molar-refractivity contribution is 6.39. The predicted octanol–water partition coefficient (Wildman–Crippen LogP) is 6.00. The van der Waals surface area contributed by atoms with Crippen molar-refractivity contribution in [3.8, 4) is 28.1 Å². The average Bonchev–Trinajstić information content (AvgIpc) is 2.90. The number of rotatable bonds is 7. The van der Waals surface area contributed by atoms with Crippen LogP contribution in [0.5, 0.6) is 5.75 Å². The molecule has 0 saturated carbocycles. The Morgan fingerprint density at radius 1 is 0.943 bits per heavy atom. The van der Waals surface area contributed by atoms with Crippen molar-refractivity contribution in [1.29, 1.82) is 0 Å². The van der Waals surface area contributed by atoms with Crippen LogP contribution < -0.4 is 10.1 Å². The summed E-state index contributed by atoms with van der Waals surface area (Å²) >= 11 is 13.4. The van der Waals surface area contributed by atoms with E-state index in [1.807, 2.05) is 0 Å². The van der Waals surface area contributed by atoms with Crippen LogP contribution in [0, 0.1) is 0 Å². The Morgan fingerprint density at radius 2 is 1.74 bits per heavy atom. The van der Waals surface area contributed by atoms with Crippen LogP contribution in [-0.4, -0.2) is 35.6 Å². The van der Waals surface area contributed by atoms with Gasteiger partial charge in [0.05, 0.1) is 34.1 Å². The molecule has 0 unspecified atom stereocenters. The monoisotopic (exact) mass is 505 g/mol. The number of anilines is 1. The lowest BCUT2D eigenvalue weighted by atomic mass is 10.0. The standard InChI is InChI=1S/C26H17Cl2N3O4/c1-35-22-11-16(6-7-17(22)14-33)25-24(28)19(9-10-29-25)18-3-2-4-20(23(18)27)31-26(34)21-8-5-15(13-32)12-30-21/h2-14H,1H3,(H,31,34). The van der Waals surface area contributed by atoms with E-state index in [2.05, 4.69) is 15.3 Å². The zero-order chi connectivity index (χ0) is 24.9. The molecule has 2 aromatic heterocycles. The van der Waals surface area contributed by atoms with Gasteiger partial charge in [-0.3, -0.25) is 24.4 Å². The highest BCUT2D eigenvalue weighted by Gasteiger charge is 2.18. The molecule has 9 heteroatoms. The number of nitrogens with one attached hydrogen (secondary N) is 1. The van der Waals surface area contributed by atoms with Crippen molar-refractivity contribution in [3.05, 3.63) is 93.9 Å². The van der Waals surface area contributed by atoms with Gasteiger partial charge in [0.25, 0.3) is 5.91 Å². The number of benzene rings is 2. The van der Waals surface area contributed by atoms with Crippen LogP contribution in [0.25, 0.3) is 22.4 Å². The Labute approximate surface area is 210 Å². The van der Waals surface area contributed by atoms with Gasteiger partial charge in [-0.05, 0) is 36.4 Å². The zero-order valence-electron chi connectivity index (χ0n) is 18.3. The largest absolute Gasteiger partial charge is 0.496 e. The van der Waals surface area contributed by atoms with Crippen LogP contribution in [0.3, 0.4) is 0 Å². The highest BCUT2D eigenvalue weighted by atomic mass is 35.5. The molecule has 174 valence electrons. The predicted molar refractivity (Wildman–Crippen MR) is 135 cm³/mol. The second-order valence-electron chi connectivity index (χ2n) is 7.31. The molecule has 0 spiro atoms. The lowest BCUT2D eigenvalue weighted by molar-refractivity contribution is 0.102. The van der Waals surface area contributed by atoms with Gasteiger partial charge in [0, 0.05) is 34.6 Å². The summed E-state index contributed by atoms with van der Waals surface area (Å²) in [5, 5.41) is 3.35. The number of halogens is 2. The highest BCUT2D eigenvalue weighted by Crippen LogP contribution is 2.41. The quantitative estimate of drug-likeness (QED) is 0.309. The SMILES string of the molecule is COc1cc(-c2nccc(-c3cccc(NC(=O)c4ccc(C=O)cn4)c3Cl)c2Cl)ccc1C=O. The molecule has 35 heavy (non-hydrogen) atoms. The molecule has 0 bridgehead atoms. The molecule has 0 fully saturated rings. The number of ether oxygens (including phenoxy) is 1. The van der Waals surface area contributed by atoms with Crippen molar-refractivity contribution in [1.82, 2.24) is 9.97 Å². The number of pyridine rings is 2. The topological polar surface area (TPSA) is 98.2 Å². The van der Waals surface area contributed by atoms with Crippen LogP contribution in [0.2, 0.25) is 10.0 Å². The molecule has 1 amide bonds. The minimum Gasteiger partial charge on any atom is -0.496 e. The summed E-state index contributed by atoms with van der Waals surface area (Å²) in [5.74, 6) is -0.0799. The van der Waals surface area contributed by atoms with Crippen molar-refractivity contribution in [2.45, 2.75) is 0 Å². The zero-order valence-corrected chi connectivity index (χ0v) is 19.8. The molecular formula is C26H17Cl2N3O4. The smallest absolute Gasteiger partial charge is 0.274 e. The van der Waals surface area contributed by atoms with Crippen LogP contribution in [0.4, 0.5) is 5.69 Å². The van der Waals surface area contributed by atoms with Gasteiger partial charge in [0.2, 0.25) is 0 Å². The molecule has 0 atom stereocenters. The van der Waals surface area contributed by atoms with E-state index in [1.54, 1.807) is 48.7 Å². The van der Waals surface area contributed by atoms with E-state index in [1.165, 1.54) is 25.4 Å².